The van der Waals surface area contributed by atoms with Crippen molar-refractivity contribution < 1.29 is 43.6 Å². The van der Waals surface area contributed by atoms with E-state index in [1.807, 2.05) is 72.8 Å². The van der Waals surface area contributed by atoms with Gasteiger partial charge in [-0.05, 0) is 107 Å². The quantitative estimate of drug-likeness (QED) is 0.103. The van der Waals surface area contributed by atoms with Crippen LogP contribution in [0.3, 0.4) is 0 Å². The van der Waals surface area contributed by atoms with Gasteiger partial charge in [0.1, 0.15) is 54.5 Å². The molecule has 14 heteroatoms. The summed E-state index contributed by atoms with van der Waals surface area (Å²) in [6, 6.07) is 22.2. The number of fused-ring (bicyclic) bond motifs is 2. The summed E-state index contributed by atoms with van der Waals surface area (Å²) in [6.07, 6.45) is 21.1. The number of halogens is 2. The summed E-state index contributed by atoms with van der Waals surface area (Å²) < 4.78 is 33.6. The van der Waals surface area contributed by atoms with Gasteiger partial charge >= 0.3 is 34.5 Å². The first kappa shape index (κ1) is 53.3. The van der Waals surface area contributed by atoms with Crippen LogP contribution < -0.4 is 50.5 Å². The maximum atomic E-state index is 6.24. The molecule has 4 aromatic rings. The molecule has 2 heterocycles. The zero-order chi connectivity index (χ0) is 48.9. The van der Waals surface area contributed by atoms with E-state index in [0.717, 1.165) is 33.2 Å². The second kappa shape index (κ2) is 30.1. The first-order valence-corrected chi connectivity index (χ1v) is 27.4. The second-order valence-corrected chi connectivity index (χ2v) is 19.7. The number of hydrogen-bond donors (Lipinski definition) is 2. The number of ether oxygens (including phenoxy) is 6. The van der Waals surface area contributed by atoms with Crippen LogP contribution in [-0.4, -0.2) is 27.8 Å². The molecule has 4 aromatic carbocycles. The first-order valence-electron chi connectivity index (χ1n) is 19.1. The third-order valence-corrected chi connectivity index (χ3v) is 13.6. The molecule has 2 atom stereocenters. The molecule has 6 rings (SSSR count). The molecule has 0 bridgehead atoms. The average Bonchev–Trinajstić information content (AvgIpc) is 4.07. The van der Waals surface area contributed by atoms with Gasteiger partial charge in [-0.15, -0.1) is 25.7 Å². The van der Waals surface area contributed by atoms with Gasteiger partial charge < -0.3 is 39.9 Å². The van der Waals surface area contributed by atoms with Gasteiger partial charge in [0.15, 0.2) is 38.8 Å². The standard InChI is InChI=1S/C38H12O4P2S.C16H20N2O2.2ClH.Ru/c1-5-9-13-17-25-43(26-18-14-10-6-2)33-23-21-31-35(41-29-39-31)37(33)45-38-34(24-22-32-36(38)42-30-40-32)44(27-19-15-11-7-3)28-20-16-12-8-4;1-19-13-7-3-11(4-8-13)15(17)16(18)12-5-9-14(20-2)10-6-12;;;/h1-4,21-24H,29-30H2;3-10,15-16H,17-18H2,1-2H3;2*1H;/q;;;;+4. The first-order chi connectivity index (χ1) is 33.3. The van der Waals surface area contributed by atoms with Crippen LogP contribution in [0.25, 0.3) is 0 Å². The maximum absolute atomic E-state index is 6.24. The van der Waals surface area contributed by atoms with Crippen LogP contribution >= 0.6 is 47.0 Å². The van der Waals surface area contributed by atoms with Crippen LogP contribution in [0.2, 0.25) is 0 Å². The zero-order valence-electron chi connectivity index (χ0n) is 35.9. The topological polar surface area (TPSA) is 107 Å². The van der Waals surface area contributed by atoms with E-state index in [-0.39, 0.29) is 40.8 Å². The third-order valence-electron chi connectivity index (χ3n) is 8.66. The Morgan fingerprint density at radius 2 is 0.838 bits per heavy atom. The summed E-state index contributed by atoms with van der Waals surface area (Å²) >= 11 is 1.03. The summed E-state index contributed by atoms with van der Waals surface area (Å²) in [5.74, 6) is 44.6. The SMILES string of the molecule is C#CC#CC#C[PH+](C#CC#CC#C)c1ccc2c(c1Sc1c([PH+](C#CC#CC#C)C#CC#CC#C)ccc3c1OCO3)OCO2.COc1ccc(C(N)C(N)c2ccc(OC)cc2)cc1.[Cl][Ru+2][Cl]. The second-order valence-electron chi connectivity index (χ2n) is 12.4. The van der Waals surface area contributed by atoms with Crippen molar-refractivity contribution in [3.8, 4) is 178 Å². The summed E-state index contributed by atoms with van der Waals surface area (Å²) in [5, 5.41) is 1.60. The third kappa shape index (κ3) is 16.0. The Kier molecular flexibility index (Phi) is 23.6. The predicted octanol–water partition coefficient (Wildman–Crippen LogP) is 7.14. The van der Waals surface area contributed by atoms with Crippen molar-refractivity contribution in [1.29, 1.82) is 0 Å². The number of nitrogens with two attached hydrogens (primary N) is 2. The summed E-state index contributed by atoms with van der Waals surface area (Å²) in [5.41, 5.74) is 27.1. The van der Waals surface area contributed by atoms with E-state index < -0.39 is 15.8 Å². The molecular weight excluding hydrogens is 1040 g/mol. The molecule has 0 saturated carbocycles. The van der Waals surface area contributed by atoms with E-state index in [1.54, 1.807) is 14.2 Å². The fourth-order valence-electron chi connectivity index (χ4n) is 5.64. The molecule has 4 N–H and O–H groups in total. The van der Waals surface area contributed by atoms with E-state index in [9.17, 15) is 0 Å². The monoisotopic (exact) mass is 1070 g/mol. The molecule has 8 nitrogen and oxygen atoms in total. The Labute approximate surface area is 420 Å². The van der Waals surface area contributed by atoms with Crippen molar-refractivity contribution in [3.05, 3.63) is 83.9 Å². The van der Waals surface area contributed by atoms with Gasteiger partial charge in [-0.25, -0.2) is 0 Å². The van der Waals surface area contributed by atoms with Gasteiger partial charge in [0, 0.05) is 59.4 Å². The Bertz CT molecular complexity index is 2880. The molecular formula is C54H34Cl2N2O6P2RuS+4. The number of terminal acetylenes is 4. The normalized spacial score (nSPS) is 10.7. The summed E-state index contributed by atoms with van der Waals surface area (Å²) in [4.78, 5) is 1.42. The minimum absolute atomic E-state index is 0.0418. The molecule has 2 aliphatic heterocycles. The molecule has 2 aliphatic rings. The zero-order valence-corrected chi connectivity index (χ0v) is 42.0. The molecule has 0 radical (unpaired) electrons. The molecule has 0 aromatic heterocycles. The molecule has 0 spiro atoms. The number of hydrogen-bond acceptors (Lipinski definition) is 9. The van der Waals surface area contributed by atoms with Crippen molar-refractivity contribution in [1.82, 2.24) is 0 Å². The van der Waals surface area contributed by atoms with Crippen LogP contribution in [0.15, 0.2) is 82.6 Å². The van der Waals surface area contributed by atoms with Crippen molar-refractivity contribution >= 4 is 57.6 Å². The molecule has 330 valence electrons. The van der Waals surface area contributed by atoms with E-state index in [1.165, 1.54) is 11.8 Å². The number of rotatable bonds is 9. The van der Waals surface area contributed by atoms with Crippen LogP contribution in [0.5, 0.6) is 34.5 Å². The van der Waals surface area contributed by atoms with Crippen LogP contribution in [0.4, 0.5) is 0 Å². The molecule has 0 amide bonds. The van der Waals surface area contributed by atoms with Crippen LogP contribution in [0.1, 0.15) is 23.2 Å². The number of benzene rings is 4. The predicted molar refractivity (Wildman–Crippen MR) is 274 cm³/mol. The number of methoxy groups -OCH3 is 2. The van der Waals surface area contributed by atoms with E-state index >= 15 is 0 Å². The molecule has 0 saturated heterocycles. The fourth-order valence-corrected chi connectivity index (χ4v) is 10.2. The van der Waals surface area contributed by atoms with Crippen molar-refractivity contribution in [2.75, 3.05) is 27.8 Å². The molecule has 68 heavy (non-hydrogen) atoms. The molecule has 0 aliphatic carbocycles. The Morgan fingerprint density at radius 3 is 1.13 bits per heavy atom. The Hall–Kier alpha value is -7.27. The molecule has 2 unspecified atom stereocenters. The molecule has 0 fully saturated rings. The van der Waals surface area contributed by atoms with Gasteiger partial charge in [-0.3, -0.25) is 0 Å². The van der Waals surface area contributed by atoms with E-state index in [4.69, 9.17) is 85.0 Å². The van der Waals surface area contributed by atoms with E-state index in [2.05, 4.69) is 117 Å². The van der Waals surface area contributed by atoms with E-state index in [0.29, 0.717) is 32.8 Å². The van der Waals surface area contributed by atoms with Crippen molar-refractivity contribution in [2.45, 2.75) is 21.9 Å². The van der Waals surface area contributed by atoms with Gasteiger partial charge in [0.2, 0.25) is 13.6 Å². The van der Waals surface area contributed by atoms with Gasteiger partial charge in [-0.2, -0.15) is 0 Å². The summed E-state index contributed by atoms with van der Waals surface area (Å²) in [7, 11) is 9.07. The summed E-state index contributed by atoms with van der Waals surface area (Å²) in [6.45, 7) is 0.0836. The van der Waals surface area contributed by atoms with Crippen molar-refractivity contribution in [3.63, 3.8) is 0 Å². The average molecular weight is 1070 g/mol. The van der Waals surface area contributed by atoms with Crippen LogP contribution in [-0.2, 0) is 15.1 Å². The Morgan fingerprint density at radius 1 is 0.515 bits per heavy atom. The van der Waals surface area contributed by atoms with Crippen LogP contribution in [0, 0.1) is 143 Å². The Balaban J connectivity index is 0.000000363. The fraction of sp³-hybridized carbons (Fsp3) is 0.111. The van der Waals surface area contributed by atoms with Crippen molar-refractivity contribution in [2.24, 2.45) is 11.5 Å². The van der Waals surface area contributed by atoms with Gasteiger partial charge in [-0.1, -0.05) is 36.0 Å². The minimum atomic E-state index is -1.95. The van der Waals surface area contributed by atoms with Gasteiger partial charge in [0.05, 0.1) is 14.2 Å². The van der Waals surface area contributed by atoms with Gasteiger partial charge in [0.25, 0.3) is 0 Å².